The molecule has 0 saturated carbocycles. The zero-order valence-corrected chi connectivity index (χ0v) is 11.1. The minimum atomic E-state index is -0.609. The first-order chi connectivity index (χ1) is 9.06. The second-order valence-electron chi connectivity index (χ2n) is 4.30. The second kappa shape index (κ2) is 5.79. The van der Waals surface area contributed by atoms with E-state index in [0.717, 1.165) is 12.5 Å². The molecular weight excluding hydrogens is 267 g/mol. The SMILES string of the molecule is CC(Cc1ccsc1)Nc1ccc([N+](=O)[O-])cc1F. The van der Waals surface area contributed by atoms with Crippen LogP contribution in [0.4, 0.5) is 15.8 Å². The van der Waals surface area contributed by atoms with Crippen molar-refractivity contribution in [2.75, 3.05) is 5.32 Å². The van der Waals surface area contributed by atoms with Crippen LogP contribution in [0.3, 0.4) is 0 Å². The summed E-state index contributed by atoms with van der Waals surface area (Å²) < 4.78 is 13.7. The number of nitrogens with zero attached hydrogens (tertiary/aromatic N) is 1. The molecule has 100 valence electrons. The lowest BCUT2D eigenvalue weighted by atomic mass is 10.1. The molecule has 1 aromatic carbocycles. The van der Waals surface area contributed by atoms with Gasteiger partial charge >= 0.3 is 0 Å². The van der Waals surface area contributed by atoms with Crippen molar-refractivity contribution in [3.05, 3.63) is 56.5 Å². The van der Waals surface area contributed by atoms with Crippen LogP contribution in [-0.2, 0) is 6.42 Å². The average molecular weight is 280 g/mol. The number of benzene rings is 1. The van der Waals surface area contributed by atoms with Crippen LogP contribution in [0.5, 0.6) is 0 Å². The van der Waals surface area contributed by atoms with Gasteiger partial charge in [0.2, 0.25) is 0 Å². The topological polar surface area (TPSA) is 55.2 Å². The molecule has 19 heavy (non-hydrogen) atoms. The van der Waals surface area contributed by atoms with E-state index >= 15 is 0 Å². The Morgan fingerprint density at radius 1 is 1.47 bits per heavy atom. The number of nitrogens with one attached hydrogen (secondary N) is 1. The molecule has 4 nitrogen and oxygen atoms in total. The summed E-state index contributed by atoms with van der Waals surface area (Å²) in [5, 5.41) is 17.6. The lowest BCUT2D eigenvalue weighted by molar-refractivity contribution is -0.385. The van der Waals surface area contributed by atoms with Gasteiger partial charge in [0.1, 0.15) is 0 Å². The van der Waals surface area contributed by atoms with E-state index in [0.29, 0.717) is 0 Å². The normalized spacial score (nSPS) is 12.1. The Bertz CT molecular complexity index is 572. The molecule has 1 aromatic heterocycles. The van der Waals surface area contributed by atoms with E-state index in [4.69, 9.17) is 0 Å². The van der Waals surface area contributed by atoms with Gasteiger partial charge in [0.15, 0.2) is 5.82 Å². The number of nitro benzene ring substituents is 1. The van der Waals surface area contributed by atoms with Crippen LogP contribution in [0.1, 0.15) is 12.5 Å². The molecule has 0 fully saturated rings. The standard InChI is InChI=1S/C13H13FN2O2S/c1-9(6-10-4-5-19-8-10)15-13-3-2-11(16(17)18)7-12(13)14/h2-5,7-9,15H,6H2,1H3. The number of hydrogen-bond acceptors (Lipinski definition) is 4. The average Bonchev–Trinajstić information content (AvgIpc) is 2.84. The van der Waals surface area contributed by atoms with Crippen molar-refractivity contribution >= 4 is 22.7 Å². The lowest BCUT2D eigenvalue weighted by Gasteiger charge is -2.15. The summed E-state index contributed by atoms with van der Waals surface area (Å²) >= 11 is 1.62. The summed E-state index contributed by atoms with van der Waals surface area (Å²) in [7, 11) is 0. The summed E-state index contributed by atoms with van der Waals surface area (Å²) in [5.74, 6) is -0.605. The van der Waals surface area contributed by atoms with Gasteiger partial charge in [-0.25, -0.2) is 4.39 Å². The third kappa shape index (κ3) is 3.51. The number of halogens is 1. The maximum atomic E-state index is 13.7. The van der Waals surface area contributed by atoms with E-state index < -0.39 is 10.7 Å². The minimum Gasteiger partial charge on any atom is -0.380 e. The molecule has 1 N–H and O–H groups in total. The lowest BCUT2D eigenvalue weighted by Crippen LogP contribution is -2.18. The molecule has 0 aliphatic rings. The Kier molecular flexibility index (Phi) is 4.11. The van der Waals surface area contributed by atoms with Gasteiger partial charge in [-0.1, -0.05) is 0 Å². The first kappa shape index (κ1) is 13.5. The van der Waals surface area contributed by atoms with Crippen molar-refractivity contribution in [3.8, 4) is 0 Å². The van der Waals surface area contributed by atoms with Gasteiger partial charge < -0.3 is 5.32 Å². The fourth-order valence-electron chi connectivity index (χ4n) is 1.81. The predicted molar refractivity (Wildman–Crippen MR) is 74.2 cm³/mol. The van der Waals surface area contributed by atoms with Crippen LogP contribution in [-0.4, -0.2) is 11.0 Å². The molecule has 2 aromatic rings. The highest BCUT2D eigenvalue weighted by molar-refractivity contribution is 7.07. The summed E-state index contributed by atoms with van der Waals surface area (Å²) in [5.41, 5.74) is 1.23. The van der Waals surface area contributed by atoms with Gasteiger partial charge in [0.05, 0.1) is 16.7 Å². The minimum absolute atomic E-state index is 0.0468. The second-order valence-corrected chi connectivity index (χ2v) is 5.08. The third-order valence-electron chi connectivity index (χ3n) is 2.69. The van der Waals surface area contributed by atoms with Gasteiger partial charge in [0.25, 0.3) is 5.69 Å². The molecule has 1 heterocycles. The molecule has 0 aliphatic heterocycles. The number of nitro groups is 1. The predicted octanol–water partition coefficient (Wildman–Crippen LogP) is 3.84. The molecule has 2 rings (SSSR count). The first-order valence-corrected chi connectivity index (χ1v) is 6.72. The smallest absolute Gasteiger partial charge is 0.272 e. The maximum Gasteiger partial charge on any atom is 0.272 e. The van der Waals surface area contributed by atoms with Crippen molar-refractivity contribution < 1.29 is 9.31 Å². The van der Waals surface area contributed by atoms with E-state index in [1.54, 1.807) is 11.3 Å². The zero-order chi connectivity index (χ0) is 13.8. The van der Waals surface area contributed by atoms with Crippen LogP contribution in [0.2, 0.25) is 0 Å². The number of non-ortho nitro benzene ring substituents is 1. The quantitative estimate of drug-likeness (QED) is 0.668. The number of anilines is 1. The Balaban J connectivity index is 2.04. The van der Waals surface area contributed by atoms with Crippen molar-refractivity contribution in [2.45, 2.75) is 19.4 Å². The molecule has 6 heteroatoms. The van der Waals surface area contributed by atoms with Crippen LogP contribution < -0.4 is 5.32 Å². The highest BCUT2D eigenvalue weighted by Crippen LogP contribution is 2.21. The van der Waals surface area contributed by atoms with Crippen LogP contribution >= 0.6 is 11.3 Å². The summed E-state index contributed by atoms with van der Waals surface area (Å²) in [6, 6.07) is 5.69. The van der Waals surface area contributed by atoms with Crippen LogP contribution in [0.25, 0.3) is 0 Å². The fraction of sp³-hybridized carbons (Fsp3) is 0.231. The molecule has 0 bridgehead atoms. The zero-order valence-electron chi connectivity index (χ0n) is 10.3. The Labute approximate surface area is 114 Å². The van der Waals surface area contributed by atoms with Crippen molar-refractivity contribution in [1.29, 1.82) is 0 Å². The molecule has 0 aliphatic carbocycles. The van der Waals surface area contributed by atoms with Crippen molar-refractivity contribution in [2.24, 2.45) is 0 Å². The largest absolute Gasteiger partial charge is 0.380 e. The van der Waals surface area contributed by atoms with Gasteiger partial charge in [-0.3, -0.25) is 10.1 Å². The highest BCUT2D eigenvalue weighted by atomic mass is 32.1. The maximum absolute atomic E-state index is 13.7. The van der Waals surface area contributed by atoms with Crippen LogP contribution in [0.15, 0.2) is 35.0 Å². The molecule has 1 unspecified atom stereocenters. The van der Waals surface area contributed by atoms with E-state index in [2.05, 4.69) is 5.32 Å². The number of thiophene rings is 1. The monoisotopic (exact) mass is 280 g/mol. The van der Waals surface area contributed by atoms with Crippen molar-refractivity contribution in [1.82, 2.24) is 0 Å². The summed E-state index contributed by atoms with van der Waals surface area (Å²) in [6.07, 6.45) is 0.778. The molecule has 0 amide bonds. The van der Waals surface area contributed by atoms with Crippen molar-refractivity contribution in [3.63, 3.8) is 0 Å². The molecule has 0 radical (unpaired) electrons. The van der Waals surface area contributed by atoms with Crippen LogP contribution in [0, 0.1) is 15.9 Å². The Morgan fingerprint density at radius 2 is 2.26 bits per heavy atom. The summed E-state index contributed by atoms with van der Waals surface area (Å²) in [6.45, 7) is 1.94. The number of hydrogen-bond donors (Lipinski definition) is 1. The van der Waals surface area contributed by atoms with E-state index in [9.17, 15) is 14.5 Å². The third-order valence-corrected chi connectivity index (χ3v) is 3.42. The van der Waals surface area contributed by atoms with E-state index in [1.165, 1.54) is 17.7 Å². The van der Waals surface area contributed by atoms with E-state index in [-0.39, 0.29) is 17.4 Å². The number of rotatable bonds is 5. The Morgan fingerprint density at radius 3 is 2.84 bits per heavy atom. The van der Waals surface area contributed by atoms with Gasteiger partial charge in [-0.05, 0) is 41.8 Å². The highest BCUT2D eigenvalue weighted by Gasteiger charge is 2.12. The molecular formula is C13H13FN2O2S. The van der Waals surface area contributed by atoms with E-state index in [1.807, 2.05) is 23.8 Å². The van der Waals surface area contributed by atoms with Gasteiger partial charge in [0, 0.05) is 12.1 Å². The molecule has 0 saturated heterocycles. The Hall–Kier alpha value is -1.95. The van der Waals surface area contributed by atoms with Gasteiger partial charge in [-0.15, -0.1) is 0 Å². The molecule has 1 atom stereocenters. The van der Waals surface area contributed by atoms with Gasteiger partial charge in [-0.2, -0.15) is 11.3 Å². The molecule has 0 spiro atoms. The summed E-state index contributed by atoms with van der Waals surface area (Å²) in [4.78, 5) is 9.91. The first-order valence-electron chi connectivity index (χ1n) is 5.78. The fourth-order valence-corrected chi connectivity index (χ4v) is 2.49.